The summed E-state index contributed by atoms with van der Waals surface area (Å²) in [6, 6.07) is 7.77. The molecular weight excluding hydrogens is 290 g/mol. The Kier molecular flexibility index (Phi) is 4.78. The maximum Gasteiger partial charge on any atom is 0.269 e. The van der Waals surface area contributed by atoms with Crippen molar-refractivity contribution in [2.45, 2.75) is 39.7 Å². The van der Waals surface area contributed by atoms with E-state index in [4.69, 9.17) is 4.74 Å². The van der Waals surface area contributed by atoms with E-state index in [2.05, 4.69) is 31.2 Å². The van der Waals surface area contributed by atoms with Crippen molar-refractivity contribution < 1.29 is 9.53 Å². The number of ether oxygens (including phenoxy) is 1. The number of rotatable bonds is 4. The first kappa shape index (κ1) is 17.1. The van der Waals surface area contributed by atoms with Gasteiger partial charge in [-0.1, -0.05) is 32.9 Å². The molecule has 2 aromatic rings. The van der Waals surface area contributed by atoms with E-state index in [1.165, 1.54) is 0 Å². The zero-order valence-corrected chi connectivity index (χ0v) is 14.7. The molecule has 5 heteroatoms. The predicted octanol–water partition coefficient (Wildman–Crippen LogP) is 2.96. The molecule has 0 radical (unpaired) electrons. The van der Waals surface area contributed by atoms with Gasteiger partial charge >= 0.3 is 0 Å². The molecule has 23 heavy (non-hydrogen) atoms. The minimum atomic E-state index is -0.130. The van der Waals surface area contributed by atoms with Gasteiger partial charge in [-0.15, -0.1) is 0 Å². The van der Waals surface area contributed by atoms with Crippen LogP contribution in [0.25, 0.3) is 0 Å². The number of nitrogens with zero attached hydrogens (tertiary/aromatic N) is 2. The van der Waals surface area contributed by atoms with Gasteiger partial charge in [0.1, 0.15) is 11.4 Å². The van der Waals surface area contributed by atoms with E-state index in [-0.39, 0.29) is 11.3 Å². The van der Waals surface area contributed by atoms with Gasteiger partial charge in [0.2, 0.25) is 0 Å². The number of nitrogens with one attached hydrogen (secondary N) is 1. The standard InChI is InChI=1S/C18H25N3O2/c1-12-7-8-13(9-15(12)23-6)11-19-17(22)14-10-16(18(2,3)4)20-21(14)5/h7-10H,11H2,1-6H3,(H,19,22). The van der Waals surface area contributed by atoms with Crippen molar-refractivity contribution in [2.24, 2.45) is 7.05 Å². The van der Waals surface area contributed by atoms with Crippen molar-refractivity contribution in [3.63, 3.8) is 0 Å². The highest BCUT2D eigenvalue weighted by Gasteiger charge is 2.21. The number of carbonyl (C=O) groups excluding carboxylic acids is 1. The average molecular weight is 315 g/mol. The fourth-order valence-electron chi connectivity index (χ4n) is 2.29. The largest absolute Gasteiger partial charge is 0.496 e. The second kappa shape index (κ2) is 6.44. The third kappa shape index (κ3) is 3.92. The van der Waals surface area contributed by atoms with Gasteiger partial charge in [-0.05, 0) is 30.2 Å². The Morgan fingerprint density at radius 2 is 2.00 bits per heavy atom. The van der Waals surface area contributed by atoms with E-state index in [9.17, 15) is 4.79 Å². The minimum absolute atomic E-state index is 0.0827. The quantitative estimate of drug-likeness (QED) is 0.943. The molecule has 0 bridgehead atoms. The Balaban J connectivity index is 2.10. The molecule has 0 unspecified atom stereocenters. The van der Waals surface area contributed by atoms with Crippen molar-refractivity contribution in [1.82, 2.24) is 15.1 Å². The number of amides is 1. The van der Waals surface area contributed by atoms with Gasteiger partial charge < -0.3 is 10.1 Å². The number of hydrogen-bond acceptors (Lipinski definition) is 3. The van der Waals surface area contributed by atoms with Crippen LogP contribution in [-0.2, 0) is 19.0 Å². The molecule has 0 saturated heterocycles. The lowest BCUT2D eigenvalue weighted by Crippen LogP contribution is -2.25. The van der Waals surface area contributed by atoms with Gasteiger partial charge in [-0.25, -0.2) is 0 Å². The minimum Gasteiger partial charge on any atom is -0.496 e. The molecule has 0 saturated carbocycles. The molecule has 1 amide bonds. The molecule has 0 spiro atoms. The van der Waals surface area contributed by atoms with E-state index in [0.717, 1.165) is 22.6 Å². The molecule has 5 nitrogen and oxygen atoms in total. The molecule has 0 aliphatic rings. The molecule has 1 N–H and O–H groups in total. The van der Waals surface area contributed by atoms with E-state index in [1.54, 1.807) is 18.8 Å². The summed E-state index contributed by atoms with van der Waals surface area (Å²) in [5, 5.41) is 7.37. The first-order chi connectivity index (χ1) is 10.7. The first-order valence-electron chi connectivity index (χ1n) is 7.68. The highest BCUT2D eigenvalue weighted by Crippen LogP contribution is 2.22. The smallest absolute Gasteiger partial charge is 0.269 e. The van der Waals surface area contributed by atoms with Crippen molar-refractivity contribution in [3.8, 4) is 5.75 Å². The average Bonchev–Trinajstić information content (AvgIpc) is 2.88. The molecule has 1 heterocycles. The van der Waals surface area contributed by atoms with Crippen molar-refractivity contribution >= 4 is 5.91 Å². The summed E-state index contributed by atoms with van der Waals surface area (Å²) in [5.41, 5.74) is 3.46. The van der Waals surface area contributed by atoms with Crippen LogP contribution in [0, 0.1) is 6.92 Å². The van der Waals surface area contributed by atoms with Crippen molar-refractivity contribution in [1.29, 1.82) is 0 Å². The summed E-state index contributed by atoms with van der Waals surface area (Å²) in [6.07, 6.45) is 0. The van der Waals surface area contributed by atoms with Crippen LogP contribution < -0.4 is 10.1 Å². The number of hydrogen-bond donors (Lipinski definition) is 1. The lowest BCUT2D eigenvalue weighted by Gasteiger charge is -2.13. The molecule has 2 rings (SSSR count). The summed E-state index contributed by atoms with van der Waals surface area (Å²) in [5.74, 6) is 0.697. The SMILES string of the molecule is COc1cc(CNC(=O)c2cc(C(C)(C)C)nn2C)ccc1C. The molecule has 0 atom stereocenters. The molecule has 1 aromatic heterocycles. The fraction of sp³-hybridized carbons (Fsp3) is 0.444. The van der Waals surface area contributed by atoms with Crippen LogP contribution in [0.2, 0.25) is 0 Å². The lowest BCUT2D eigenvalue weighted by atomic mass is 9.92. The molecular formula is C18H25N3O2. The topological polar surface area (TPSA) is 56.1 Å². The van der Waals surface area contributed by atoms with Crippen LogP contribution in [0.1, 0.15) is 48.1 Å². The van der Waals surface area contributed by atoms with Gasteiger partial charge in [0.25, 0.3) is 5.91 Å². The maximum absolute atomic E-state index is 12.4. The van der Waals surface area contributed by atoms with E-state index >= 15 is 0 Å². The Hall–Kier alpha value is -2.30. The molecule has 124 valence electrons. The van der Waals surface area contributed by atoms with E-state index in [1.807, 2.05) is 31.2 Å². The van der Waals surface area contributed by atoms with Crippen LogP contribution >= 0.6 is 0 Å². The van der Waals surface area contributed by atoms with Crippen molar-refractivity contribution in [3.05, 3.63) is 46.8 Å². The van der Waals surface area contributed by atoms with E-state index in [0.29, 0.717) is 12.2 Å². The second-order valence-electron chi connectivity index (χ2n) is 6.78. The summed E-state index contributed by atoms with van der Waals surface area (Å²) in [4.78, 5) is 12.4. The van der Waals surface area contributed by atoms with Gasteiger partial charge in [0.15, 0.2) is 0 Å². The van der Waals surface area contributed by atoms with Crippen LogP contribution in [-0.4, -0.2) is 22.8 Å². The van der Waals surface area contributed by atoms with Gasteiger partial charge in [-0.3, -0.25) is 9.48 Å². The van der Waals surface area contributed by atoms with Crippen molar-refractivity contribution in [2.75, 3.05) is 7.11 Å². The van der Waals surface area contributed by atoms with Gasteiger partial charge in [-0.2, -0.15) is 5.10 Å². The van der Waals surface area contributed by atoms with Crippen LogP contribution in [0.5, 0.6) is 5.75 Å². The Morgan fingerprint density at radius 3 is 2.57 bits per heavy atom. The van der Waals surface area contributed by atoms with Crippen LogP contribution in [0.15, 0.2) is 24.3 Å². The highest BCUT2D eigenvalue weighted by molar-refractivity contribution is 5.92. The number of aromatic nitrogens is 2. The highest BCUT2D eigenvalue weighted by atomic mass is 16.5. The Bertz CT molecular complexity index is 712. The summed E-state index contributed by atoms with van der Waals surface area (Å²) in [7, 11) is 3.44. The number of carbonyl (C=O) groups is 1. The maximum atomic E-state index is 12.4. The molecule has 0 aliphatic carbocycles. The zero-order valence-electron chi connectivity index (χ0n) is 14.7. The third-order valence-corrected chi connectivity index (χ3v) is 3.81. The summed E-state index contributed by atoms with van der Waals surface area (Å²) < 4.78 is 6.94. The molecule has 1 aromatic carbocycles. The normalized spacial score (nSPS) is 11.4. The Labute approximate surface area is 137 Å². The number of aryl methyl sites for hydroxylation is 2. The number of methoxy groups -OCH3 is 1. The van der Waals surface area contributed by atoms with Gasteiger partial charge in [0.05, 0.1) is 12.8 Å². The lowest BCUT2D eigenvalue weighted by molar-refractivity contribution is 0.0941. The molecule has 0 aliphatic heterocycles. The first-order valence-corrected chi connectivity index (χ1v) is 7.68. The fourth-order valence-corrected chi connectivity index (χ4v) is 2.29. The van der Waals surface area contributed by atoms with Gasteiger partial charge in [0, 0.05) is 19.0 Å². The monoisotopic (exact) mass is 315 g/mol. The molecule has 0 fully saturated rings. The third-order valence-electron chi connectivity index (χ3n) is 3.81. The summed E-state index contributed by atoms with van der Waals surface area (Å²) >= 11 is 0. The zero-order chi connectivity index (χ0) is 17.2. The number of benzene rings is 1. The Morgan fingerprint density at radius 1 is 1.30 bits per heavy atom. The predicted molar refractivity (Wildman–Crippen MR) is 90.8 cm³/mol. The van der Waals surface area contributed by atoms with Crippen LogP contribution in [0.3, 0.4) is 0 Å². The van der Waals surface area contributed by atoms with E-state index < -0.39 is 0 Å². The second-order valence-corrected chi connectivity index (χ2v) is 6.78. The van der Waals surface area contributed by atoms with Crippen LogP contribution in [0.4, 0.5) is 0 Å². The summed E-state index contributed by atoms with van der Waals surface area (Å²) in [6.45, 7) is 8.68.